The summed E-state index contributed by atoms with van der Waals surface area (Å²) >= 11 is 0. The van der Waals surface area contributed by atoms with Crippen LogP contribution in [0, 0.1) is 5.92 Å². The third kappa shape index (κ3) is 3.63. The van der Waals surface area contributed by atoms with Gasteiger partial charge in [0.05, 0.1) is 17.4 Å². The number of sulfonamides is 1. The van der Waals surface area contributed by atoms with Gasteiger partial charge in [0.25, 0.3) is 0 Å². The third-order valence-corrected chi connectivity index (χ3v) is 6.82. The Morgan fingerprint density at radius 1 is 1.11 bits per heavy atom. The fourth-order valence-electron chi connectivity index (χ4n) is 3.44. The first-order valence-electron chi connectivity index (χ1n) is 9.17. The molecule has 2 aromatic heterocycles. The molecule has 146 valence electrons. The quantitative estimate of drug-likeness (QED) is 0.700. The van der Waals surface area contributed by atoms with Crippen LogP contribution in [0.5, 0.6) is 0 Å². The summed E-state index contributed by atoms with van der Waals surface area (Å²) in [5, 5.41) is 11.0. The molecule has 1 N–H and O–H groups in total. The van der Waals surface area contributed by atoms with Gasteiger partial charge in [0, 0.05) is 19.3 Å². The van der Waals surface area contributed by atoms with Crippen molar-refractivity contribution in [3.8, 4) is 0 Å². The van der Waals surface area contributed by atoms with E-state index in [9.17, 15) is 13.2 Å². The Morgan fingerprint density at radius 2 is 1.89 bits per heavy atom. The van der Waals surface area contributed by atoms with Crippen LogP contribution in [0.2, 0.25) is 0 Å². The van der Waals surface area contributed by atoms with E-state index in [0.717, 1.165) is 0 Å². The molecule has 8 nitrogen and oxygen atoms in total. The molecule has 1 aliphatic rings. The summed E-state index contributed by atoms with van der Waals surface area (Å²) in [6.45, 7) is 0.853. The van der Waals surface area contributed by atoms with Gasteiger partial charge in [-0.15, -0.1) is 10.2 Å². The Morgan fingerprint density at radius 3 is 2.71 bits per heavy atom. The number of piperidine rings is 1. The highest BCUT2D eigenvalue weighted by molar-refractivity contribution is 7.89. The first-order valence-corrected chi connectivity index (χ1v) is 10.6. The molecule has 1 amide bonds. The summed E-state index contributed by atoms with van der Waals surface area (Å²) in [7, 11) is -3.59. The fraction of sp³-hybridized carbons (Fsp3) is 0.316. The van der Waals surface area contributed by atoms with Crippen LogP contribution in [0.15, 0.2) is 59.6 Å². The predicted molar refractivity (Wildman–Crippen MR) is 103 cm³/mol. The van der Waals surface area contributed by atoms with Crippen molar-refractivity contribution in [2.45, 2.75) is 24.3 Å². The van der Waals surface area contributed by atoms with Crippen LogP contribution in [0.3, 0.4) is 0 Å². The summed E-state index contributed by atoms with van der Waals surface area (Å²) in [6.07, 6.45) is 3.15. The molecule has 1 aliphatic heterocycles. The molecule has 1 fully saturated rings. The van der Waals surface area contributed by atoms with E-state index in [1.54, 1.807) is 30.3 Å². The van der Waals surface area contributed by atoms with Gasteiger partial charge in [-0.05, 0) is 37.1 Å². The first-order chi connectivity index (χ1) is 13.6. The lowest BCUT2D eigenvalue weighted by molar-refractivity contribution is -0.126. The lowest BCUT2D eigenvalue weighted by Crippen LogP contribution is -2.45. The van der Waals surface area contributed by atoms with E-state index in [-0.39, 0.29) is 29.8 Å². The molecule has 3 heterocycles. The van der Waals surface area contributed by atoms with E-state index in [1.807, 2.05) is 28.8 Å². The normalized spacial score (nSPS) is 18.2. The van der Waals surface area contributed by atoms with E-state index in [0.29, 0.717) is 30.9 Å². The van der Waals surface area contributed by atoms with Crippen LogP contribution in [-0.2, 0) is 21.4 Å². The molecular weight excluding hydrogens is 378 g/mol. The van der Waals surface area contributed by atoms with Crippen molar-refractivity contribution in [3.05, 3.63) is 60.6 Å². The minimum absolute atomic E-state index is 0.166. The van der Waals surface area contributed by atoms with Crippen LogP contribution < -0.4 is 5.32 Å². The van der Waals surface area contributed by atoms with Gasteiger partial charge < -0.3 is 5.32 Å². The van der Waals surface area contributed by atoms with Crippen molar-refractivity contribution in [2.75, 3.05) is 13.1 Å². The molecule has 4 rings (SSSR count). The smallest absolute Gasteiger partial charge is 0.243 e. The number of hydrogen-bond acceptors (Lipinski definition) is 5. The molecule has 0 bridgehead atoms. The molecular formula is C19H21N5O3S. The number of nitrogens with one attached hydrogen (secondary N) is 1. The molecule has 9 heteroatoms. The second-order valence-corrected chi connectivity index (χ2v) is 8.72. The number of pyridine rings is 1. The second-order valence-electron chi connectivity index (χ2n) is 6.78. The van der Waals surface area contributed by atoms with Gasteiger partial charge in [0.2, 0.25) is 15.9 Å². The Bertz CT molecular complexity index is 1080. The molecule has 1 unspecified atom stereocenters. The molecule has 0 spiro atoms. The topological polar surface area (TPSA) is 96.7 Å². The lowest BCUT2D eigenvalue weighted by atomic mass is 9.99. The number of aromatic nitrogens is 3. The number of carbonyl (C=O) groups is 1. The summed E-state index contributed by atoms with van der Waals surface area (Å²) in [4.78, 5) is 12.9. The maximum atomic E-state index is 12.8. The summed E-state index contributed by atoms with van der Waals surface area (Å²) < 4.78 is 28.9. The monoisotopic (exact) mass is 399 g/mol. The zero-order valence-electron chi connectivity index (χ0n) is 15.2. The minimum Gasteiger partial charge on any atom is -0.349 e. The van der Waals surface area contributed by atoms with E-state index < -0.39 is 10.0 Å². The van der Waals surface area contributed by atoms with E-state index in [4.69, 9.17) is 0 Å². The number of nitrogens with zero attached hydrogens (tertiary/aromatic N) is 4. The van der Waals surface area contributed by atoms with E-state index >= 15 is 0 Å². The zero-order chi connectivity index (χ0) is 19.6. The molecule has 0 aliphatic carbocycles. The molecule has 1 aromatic carbocycles. The van der Waals surface area contributed by atoms with Gasteiger partial charge in [0.15, 0.2) is 11.5 Å². The van der Waals surface area contributed by atoms with Crippen molar-refractivity contribution >= 4 is 21.6 Å². The molecule has 3 aromatic rings. The highest BCUT2D eigenvalue weighted by Crippen LogP contribution is 2.23. The molecule has 0 saturated carbocycles. The van der Waals surface area contributed by atoms with Crippen LogP contribution in [-0.4, -0.2) is 46.3 Å². The minimum atomic E-state index is -3.59. The van der Waals surface area contributed by atoms with Crippen LogP contribution in [0.1, 0.15) is 18.7 Å². The third-order valence-electron chi connectivity index (χ3n) is 4.94. The van der Waals surface area contributed by atoms with Crippen molar-refractivity contribution < 1.29 is 13.2 Å². The van der Waals surface area contributed by atoms with Crippen molar-refractivity contribution in [1.29, 1.82) is 0 Å². The average Bonchev–Trinajstić information content (AvgIpc) is 3.16. The van der Waals surface area contributed by atoms with Gasteiger partial charge in [-0.3, -0.25) is 9.20 Å². The van der Waals surface area contributed by atoms with E-state index in [2.05, 4.69) is 15.5 Å². The summed E-state index contributed by atoms with van der Waals surface area (Å²) in [5.41, 5.74) is 0.713. The van der Waals surface area contributed by atoms with Crippen LogP contribution in [0.4, 0.5) is 0 Å². The molecule has 28 heavy (non-hydrogen) atoms. The molecule has 1 atom stereocenters. The zero-order valence-corrected chi connectivity index (χ0v) is 16.0. The average molecular weight is 399 g/mol. The lowest BCUT2D eigenvalue weighted by Gasteiger charge is -2.31. The Hall–Kier alpha value is -2.78. The number of hydrogen-bond donors (Lipinski definition) is 1. The molecule has 0 radical (unpaired) electrons. The maximum Gasteiger partial charge on any atom is 0.243 e. The van der Waals surface area contributed by atoms with Crippen molar-refractivity contribution in [3.63, 3.8) is 0 Å². The Kier molecular flexibility index (Phi) is 5.10. The first kappa shape index (κ1) is 18.6. The van der Waals surface area contributed by atoms with Gasteiger partial charge >= 0.3 is 0 Å². The van der Waals surface area contributed by atoms with Gasteiger partial charge in [0.1, 0.15) is 0 Å². The van der Waals surface area contributed by atoms with Crippen molar-refractivity contribution in [1.82, 2.24) is 24.2 Å². The highest BCUT2D eigenvalue weighted by atomic mass is 32.2. The maximum absolute atomic E-state index is 12.8. The Labute approximate surface area is 163 Å². The number of rotatable bonds is 5. The van der Waals surface area contributed by atoms with E-state index in [1.165, 1.54) is 4.31 Å². The number of benzene rings is 1. The summed E-state index contributed by atoms with van der Waals surface area (Å²) in [5.74, 6) is 0.0839. The fourth-order valence-corrected chi connectivity index (χ4v) is 4.98. The number of fused-ring (bicyclic) bond motifs is 1. The highest BCUT2D eigenvalue weighted by Gasteiger charge is 2.33. The number of carbonyl (C=O) groups excluding carboxylic acids is 1. The number of amides is 1. The standard InChI is InChI=1S/C19H21N5O3S/c25-19(20-13-18-22-21-17-10-4-5-12-24(17)18)15-7-6-11-23(14-15)28(26,27)16-8-2-1-3-9-16/h1-5,8-10,12,15H,6-7,11,13-14H2,(H,20,25). The largest absolute Gasteiger partial charge is 0.349 e. The SMILES string of the molecule is O=C(NCc1nnc2ccccn12)C1CCCN(S(=O)(=O)c2ccccc2)C1. The van der Waals surface area contributed by atoms with Gasteiger partial charge in [-0.25, -0.2) is 8.42 Å². The predicted octanol–water partition coefficient (Wildman–Crippen LogP) is 1.45. The van der Waals surface area contributed by atoms with Crippen LogP contribution in [0.25, 0.3) is 5.65 Å². The van der Waals surface area contributed by atoms with Crippen molar-refractivity contribution in [2.24, 2.45) is 5.92 Å². The van der Waals surface area contributed by atoms with Gasteiger partial charge in [-0.2, -0.15) is 4.31 Å². The Balaban J connectivity index is 1.42. The summed E-state index contributed by atoms with van der Waals surface area (Å²) in [6, 6.07) is 13.9. The molecule has 1 saturated heterocycles. The van der Waals surface area contributed by atoms with Crippen LogP contribution >= 0.6 is 0 Å². The second kappa shape index (κ2) is 7.69. The van der Waals surface area contributed by atoms with Gasteiger partial charge in [-0.1, -0.05) is 24.3 Å².